The maximum absolute atomic E-state index is 14.1. The summed E-state index contributed by atoms with van der Waals surface area (Å²) in [5.74, 6) is 0.487. The molecule has 0 spiro atoms. The van der Waals surface area contributed by atoms with E-state index >= 15 is 0 Å². The highest BCUT2D eigenvalue weighted by molar-refractivity contribution is 8.00. The van der Waals surface area contributed by atoms with E-state index < -0.39 is 5.82 Å². The van der Waals surface area contributed by atoms with Gasteiger partial charge in [-0.25, -0.2) is 9.37 Å². The van der Waals surface area contributed by atoms with E-state index in [0.29, 0.717) is 16.4 Å². The Morgan fingerprint density at radius 3 is 2.70 bits per heavy atom. The first kappa shape index (κ1) is 20.3. The van der Waals surface area contributed by atoms with Gasteiger partial charge in [-0.1, -0.05) is 23.5 Å². The fourth-order valence-electron chi connectivity index (χ4n) is 2.85. The molecule has 0 aliphatic carbocycles. The lowest BCUT2D eigenvalue weighted by molar-refractivity contribution is -0.116. The van der Waals surface area contributed by atoms with Gasteiger partial charge in [-0.05, 0) is 48.0 Å². The Morgan fingerprint density at radius 1 is 1.17 bits per heavy atom. The van der Waals surface area contributed by atoms with Gasteiger partial charge < -0.3 is 4.74 Å². The third-order valence-electron chi connectivity index (χ3n) is 4.38. The van der Waals surface area contributed by atoms with E-state index in [0.717, 1.165) is 16.2 Å². The summed E-state index contributed by atoms with van der Waals surface area (Å²) < 4.78 is 20.0. The number of fused-ring (bicyclic) bond motifs is 1. The number of carbonyl (C=O) groups is 1. The summed E-state index contributed by atoms with van der Waals surface area (Å²) in [5, 5.41) is 0.472. The van der Waals surface area contributed by atoms with E-state index in [9.17, 15) is 9.18 Å². The van der Waals surface area contributed by atoms with Gasteiger partial charge in [0.05, 0.1) is 24.1 Å². The number of para-hydroxylation sites is 1. The largest absolute Gasteiger partial charge is 0.497 e. The first-order valence-corrected chi connectivity index (χ1v) is 11.0. The number of methoxy groups -OCH3 is 1. The molecule has 0 saturated carbocycles. The second kappa shape index (κ2) is 9.23. The summed E-state index contributed by atoms with van der Waals surface area (Å²) in [6, 6.07) is 16.1. The molecule has 0 N–H and O–H groups in total. The molecule has 0 radical (unpaired) electrons. The van der Waals surface area contributed by atoms with Crippen molar-refractivity contribution in [3.8, 4) is 5.75 Å². The van der Waals surface area contributed by atoms with Crippen molar-refractivity contribution in [2.24, 2.45) is 0 Å². The molecular weight excluding hydrogens is 421 g/mol. The zero-order chi connectivity index (χ0) is 20.9. The topological polar surface area (TPSA) is 55.3 Å². The van der Waals surface area contributed by atoms with Gasteiger partial charge in [0.1, 0.15) is 17.1 Å². The van der Waals surface area contributed by atoms with E-state index in [1.165, 1.54) is 29.2 Å². The van der Waals surface area contributed by atoms with Crippen LogP contribution < -0.4 is 9.64 Å². The summed E-state index contributed by atoms with van der Waals surface area (Å²) in [5.41, 5.74) is 1.16. The predicted octanol–water partition coefficient (Wildman–Crippen LogP) is 5.16. The summed E-state index contributed by atoms with van der Waals surface area (Å²) in [4.78, 5) is 24.2. The third kappa shape index (κ3) is 4.60. The highest BCUT2D eigenvalue weighted by atomic mass is 32.2. The number of thiazole rings is 1. The summed E-state index contributed by atoms with van der Waals surface area (Å²) in [6.45, 7) is 0.317. The third-order valence-corrected chi connectivity index (χ3v) is 6.42. The molecule has 1 amide bonds. The van der Waals surface area contributed by atoms with Gasteiger partial charge >= 0.3 is 0 Å². The van der Waals surface area contributed by atoms with Gasteiger partial charge in [0, 0.05) is 17.3 Å². The number of halogens is 1. The van der Waals surface area contributed by atoms with Crippen LogP contribution in [0.15, 0.2) is 71.9 Å². The van der Waals surface area contributed by atoms with Crippen LogP contribution in [0.5, 0.6) is 5.75 Å². The van der Waals surface area contributed by atoms with E-state index in [-0.39, 0.29) is 17.2 Å². The van der Waals surface area contributed by atoms with Crippen molar-refractivity contribution >= 4 is 44.4 Å². The standard InChI is InChI=1S/C22H18FN3O2S2/c1-28-16-7-9-17(10-8-16)29-14-20(27)26(13-15-4-3-11-24-12-15)22-25-21-18(23)5-2-6-19(21)30-22/h2-12H,13-14H2,1H3. The van der Waals surface area contributed by atoms with Gasteiger partial charge in [-0.2, -0.15) is 0 Å². The number of benzene rings is 2. The first-order valence-electron chi connectivity index (χ1n) is 9.15. The van der Waals surface area contributed by atoms with Crippen LogP contribution in [-0.2, 0) is 11.3 Å². The molecule has 0 saturated heterocycles. The van der Waals surface area contributed by atoms with Crippen molar-refractivity contribution < 1.29 is 13.9 Å². The Labute approximate surface area is 181 Å². The number of thioether (sulfide) groups is 1. The number of anilines is 1. The zero-order valence-corrected chi connectivity index (χ0v) is 17.8. The maximum Gasteiger partial charge on any atom is 0.239 e. The minimum Gasteiger partial charge on any atom is -0.497 e. The molecule has 152 valence electrons. The van der Waals surface area contributed by atoms with Crippen LogP contribution in [0.4, 0.5) is 9.52 Å². The molecule has 5 nitrogen and oxygen atoms in total. The number of ether oxygens (including phenoxy) is 1. The summed E-state index contributed by atoms with van der Waals surface area (Å²) in [6.07, 6.45) is 3.40. The average molecular weight is 440 g/mol. The normalized spacial score (nSPS) is 10.9. The van der Waals surface area contributed by atoms with Crippen molar-refractivity contribution in [1.82, 2.24) is 9.97 Å². The van der Waals surface area contributed by atoms with E-state index in [4.69, 9.17) is 4.74 Å². The molecule has 0 unspecified atom stereocenters. The molecular formula is C22H18FN3O2S2. The zero-order valence-electron chi connectivity index (χ0n) is 16.1. The smallest absolute Gasteiger partial charge is 0.239 e. The Kier molecular flexibility index (Phi) is 6.25. The number of carbonyl (C=O) groups excluding carboxylic acids is 1. The molecule has 0 atom stereocenters. The molecule has 0 fully saturated rings. The van der Waals surface area contributed by atoms with Crippen LogP contribution >= 0.6 is 23.1 Å². The maximum atomic E-state index is 14.1. The molecule has 0 bridgehead atoms. The van der Waals surface area contributed by atoms with Crippen molar-refractivity contribution in [3.05, 3.63) is 78.4 Å². The fourth-order valence-corrected chi connectivity index (χ4v) is 4.62. The van der Waals surface area contributed by atoms with Gasteiger partial charge in [0.15, 0.2) is 5.13 Å². The lowest BCUT2D eigenvalue weighted by Crippen LogP contribution is -2.31. The van der Waals surface area contributed by atoms with E-state index in [2.05, 4.69) is 9.97 Å². The number of hydrogen-bond acceptors (Lipinski definition) is 6. The lowest BCUT2D eigenvalue weighted by Gasteiger charge is -2.19. The van der Waals surface area contributed by atoms with Crippen LogP contribution in [-0.4, -0.2) is 28.7 Å². The van der Waals surface area contributed by atoms with Crippen molar-refractivity contribution in [2.75, 3.05) is 17.8 Å². The van der Waals surface area contributed by atoms with Crippen LogP contribution in [0.25, 0.3) is 10.2 Å². The molecule has 2 heterocycles. The first-order chi connectivity index (χ1) is 14.6. The molecule has 4 aromatic rings. The molecule has 4 rings (SSSR count). The minimum absolute atomic E-state index is 0.112. The van der Waals surface area contributed by atoms with Crippen molar-refractivity contribution in [2.45, 2.75) is 11.4 Å². The number of nitrogens with zero attached hydrogens (tertiary/aromatic N) is 3. The van der Waals surface area contributed by atoms with Gasteiger partial charge in [0.25, 0.3) is 0 Å². The fraction of sp³-hybridized carbons (Fsp3) is 0.136. The Bertz CT molecular complexity index is 1150. The number of hydrogen-bond donors (Lipinski definition) is 0. The van der Waals surface area contributed by atoms with Gasteiger partial charge in [-0.15, -0.1) is 11.8 Å². The van der Waals surface area contributed by atoms with E-state index in [1.54, 1.807) is 36.5 Å². The number of pyridine rings is 1. The van der Waals surface area contributed by atoms with Crippen LogP contribution in [0, 0.1) is 5.82 Å². The minimum atomic E-state index is -0.392. The van der Waals surface area contributed by atoms with Crippen molar-refractivity contribution in [1.29, 1.82) is 0 Å². The lowest BCUT2D eigenvalue weighted by atomic mass is 10.2. The Hall–Kier alpha value is -2.97. The highest BCUT2D eigenvalue weighted by Crippen LogP contribution is 2.32. The quantitative estimate of drug-likeness (QED) is 0.372. The molecule has 0 aliphatic rings. The highest BCUT2D eigenvalue weighted by Gasteiger charge is 2.21. The molecule has 30 heavy (non-hydrogen) atoms. The monoisotopic (exact) mass is 439 g/mol. The summed E-state index contributed by atoms with van der Waals surface area (Å²) in [7, 11) is 1.61. The SMILES string of the molecule is COc1ccc(SCC(=O)N(Cc2cccnc2)c2nc3c(F)cccc3s2)cc1. The number of aromatic nitrogens is 2. The Balaban J connectivity index is 1.58. The Morgan fingerprint density at radius 2 is 2.00 bits per heavy atom. The molecule has 2 aromatic carbocycles. The average Bonchev–Trinajstić information content (AvgIpc) is 3.22. The number of rotatable bonds is 7. The number of amides is 1. The van der Waals surface area contributed by atoms with Gasteiger partial charge in [0.2, 0.25) is 5.91 Å². The molecule has 2 aromatic heterocycles. The van der Waals surface area contributed by atoms with Crippen molar-refractivity contribution in [3.63, 3.8) is 0 Å². The van der Waals surface area contributed by atoms with Crippen LogP contribution in [0.3, 0.4) is 0 Å². The van der Waals surface area contributed by atoms with Crippen LogP contribution in [0.1, 0.15) is 5.56 Å². The van der Waals surface area contributed by atoms with E-state index in [1.807, 2.05) is 36.4 Å². The molecule has 8 heteroatoms. The second-order valence-corrected chi connectivity index (χ2v) is 8.45. The predicted molar refractivity (Wildman–Crippen MR) is 119 cm³/mol. The van der Waals surface area contributed by atoms with Crippen LogP contribution in [0.2, 0.25) is 0 Å². The summed E-state index contributed by atoms with van der Waals surface area (Å²) >= 11 is 2.73. The molecule has 0 aliphatic heterocycles. The second-order valence-electron chi connectivity index (χ2n) is 6.39. The van der Waals surface area contributed by atoms with Gasteiger partial charge in [-0.3, -0.25) is 14.7 Å².